The molecule has 0 aliphatic rings. The summed E-state index contributed by atoms with van der Waals surface area (Å²) in [4.78, 5) is 28.3. The number of rotatable bonds is 4. The number of methoxy groups -OCH3 is 1. The Kier molecular flexibility index (Phi) is 4.88. The van der Waals surface area contributed by atoms with Crippen LogP contribution in [0.25, 0.3) is 11.1 Å². The third-order valence-electron chi connectivity index (χ3n) is 3.40. The predicted octanol–water partition coefficient (Wildman–Crippen LogP) is 2.51. The number of carbonyl (C=O) groups is 2. The third-order valence-corrected chi connectivity index (χ3v) is 3.40. The number of benzene rings is 1. The van der Waals surface area contributed by atoms with Gasteiger partial charge in [0.2, 0.25) is 5.91 Å². The minimum Gasteiger partial charge on any atom is -0.464 e. The summed E-state index contributed by atoms with van der Waals surface area (Å²) in [5.41, 5.74) is 3.25. The molecule has 1 heterocycles. The molecule has 2 rings (SSSR count). The van der Waals surface area contributed by atoms with E-state index >= 15 is 0 Å². The molecule has 0 saturated carbocycles. The van der Waals surface area contributed by atoms with Gasteiger partial charge in [0.05, 0.1) is 7.11 Å². The highest BCUT2D eigenvalue weighted by molar-refractivity contribution is 5.87. The molecule has 22 heavy (non-hydrogen) atoms. The molecule has 5 nitrogen and oxygen atoms in total. The van der Waals surface area contributed by atoms with Crippen LogP contribution in [0.4, 0.5) is 0 Å². The summed E-state index contributed by atoms with van der Waals surface area (Å²) in [5.74, 6) is -0.416. The van der Waals surface area contributed by atoms with E-state index in [1.807, 2.05) is 30.3 Å². The quantitative estimate of drug-likeness (QED) is 0.814. The van der Waals surface area contributed by atoms with Crippen molar-refractivity contribution >= 4 is 11.9 Å². The third kappa shape index (κ3) is 3.69. The molecule has 0 fully saturated rings. The Hall–Kier alpha value is -2.69. The summed E-state index contributed by atoms with van der Waals surface area (Å²) in [6.07, 6.45) is 1.64. The van der Waals surface area contributed by atoms with Gasteiger partial charge in [0.15, 0.2) is 0 Å². The molecular formula is C17H18N2O3. The molecule has 1 aromatic heterocycles. The van der Waals surface area contributed by atoms with Crippen molar-refractivity contribution in [3.8, 4) is 11.1 Å². The molecule has 114 valence electrons. The molecule has 1 aromatic carbocycles. The number of hydrogen-bond acceptors (Lipinski definition) is 4. The minimum absolute atomic E-state index is 0.0340. The highest BCUT2D eigenvalue weighted by Crippen LogP contribution is 2.19. The predicted molar refractivity (Wildman–Crippen MR) is 83.2 cm³/mol. The fourth-order valence-corrected chi connectivity index (χ4v) is 1.98. The van der Waals surface area contributed by atoms with Gasteiger partial charge in [-0.1, -0.05) is 30.3 Å². The Morgan fingerprint density at radius 3 is 2.23 bits per heavy atom. The first-order valence-electron chi connectivity index (χ1n) is 6.86. The van der Waals surface area contributed by atoms with Crippen molar-refractivity contribution < 1.29 is 14.3 Å². The second-order valence-electron chi connectivity index (χ2n) is 5.00. The van der Waals surface area contributed by atoms with Crippen LogP contribution in [-0.2, 0) is 16.1 Å². The van der Waals surface area contributed by atoms with Crippen LogP contribution in [0.15, 0.2) is 42.6 Å². The second kappa shape index (κ2) is 6.85. The number of nitrogens with zero attached hydrogens (tertiary/aromatic N) is 2. The lowest BCUT2D eigenvalue weighted by molar-refractivity contribution is -0.128. The van der Waals surface area contributed by atoms with Crippen LogP contribution >= 0.6 is 0 Å². The molecule has 0 bridgehead atoms. The SMILES string of the molecule is COC(=O)c1ccc(-c2ccc(CN(C)C(C)=O)cc2)cn1. The van der Waals surface area contributed by atoms with Gasteiger partial charge in [0, 0.05) is 32.3 Å². The summed E-state index contributed by atoms with van der Waals surface area (Å²) < 4.78 is 4.62. The number of hydrogen-bond donors (Lipinski definition) is 0. The van der Waals surface area contributed by atoms with Gasteiger partial charge in [-0.15, -0.1) is 0 Å². The lowest BCUT2D eigenvalue weighted by Gasteiger charge is -2.14. The number of esters is 1. The molecular weight excluding hydrogens is 280 g/mol. The molecule has 0 atom stereocenters. The highest BCUT2D eigenvalue weighted by atomic mass is 16.5. The first-order valence-corrected chi connectivity index (χ1v) is 6.86. The molecule has 1 amide bonds. The first kappa shape index (κ1) is 15.7. The Morgan fingerprint density at radius 2 is 1.73 bits per heavy atom. The fraction of sp³-hybridized carbons (Fsp3) is 0.235. The minimum atomic E-state index is -0.450. The van der Waals surface area contributed by atoms with E-state index in [2.05, 4.69) is 9.72 Å². The molecule has 0 aliphatic carbocycles. The Balaban J connectivity index is 2.13. The smallest absolute Gasteiger partial charge is 0.356 e. The van der Waals surface area contributed by atoms with Crippen LogP contribution in [0.5, 0.6) is 0 Å². The fourth-order valence-electron chi connectivity index (χ4n) is 1.98. The van der Waals surface area contributed by atoms with Crippen molar-refractivity contribution in [2.45, 2.75) is 13.5 Å². The van der Waals surface area contributed by atoms with Crippen LogP contribution in [0.3, 0.4) is 0 Å². The van der Waals surface area contributed by atoms with Gasteiger partial charge < -0.3 is 9.64 Å². The summed E-state index contributed by atoms with van der Waals surface area (Å²) in [6.45, 7) is 2.12. The number of carbonyl (C=O) groups excluding carboxylic acids is 2. The number of aromatic nitrogens is 1. The van der Waals surface area contributed by atoms with E-state index in [9.17, 15) is 9.59 Å². The lowest BCUT2D eigenvalue weighted by atomic mass is 10.1. The maximum Gasteiger partial charge on any atom is 0.356 e. The van der Waals surface area contributed by atoms with Crippen LogP contribution < -0.4 is 0 Å². The van der Waals surface area contributed by atoms with Crippen LogP contribution in [0, 0.1) is 0 Å². The lowest BCUT2D eigenvalue weighted by Crippen LogP contribution is -2.22. The van der Waals surface area contributed by atoms with Crippen molar-refractivity contribution in [1.29, 1.82) is 0 Å². The van der Waals surface area contributed by atoms with Crippen molar-refractivity contribution in [3.05, 3.63) is 53.9 Å². The van der Waals surface area contributed by atoms with Crippen molar-refractivity contribution in [2.75, 3.05) is 14.2 Å². The van der Waals surface area contributed by atoms with E-state index in [-0.39, 0.29) is 11.6 Å². The highest BCUT2D eigenvalue weighted by Gasteiger charge is 2.07. The Bertz CT molecular complexity index is 663. The molecule has 2 aromatic rings. The van der Waals surface area contributed by atoms with E-state index in [0.29, 0.717) is 6.54 Å². The molecule has 0 saturated heterocycles. The molecule has 0 aliphatic heterocycles. The number of pyridine rings is 1. The van der Waals surface area contributed by atoms with E-state index in [0.717, 1.165) is 16.7 Å². The normalized spacial score (nSPS) is 10.1. The monoisotopic (exact) mass is 298 g/mol. The average Bonchev–Trinajstić information content (AvgIpc) is 2.55. The molecule has 5 heteroatoms. The summed E-state index contributed by atoms with van der Waals surface area (Å²) >= 11 is 0. The topological polar surface area (TPSA) is 59.5 Å². The van der Waals surface area contributed by atoms with Crippen molar-refractivity contribution in [3.63, 3.8) is 0 Å². The van der Waals surface area contributed by atoms with E-state index < -0.39 is 5.97 Å². The van der Waals surface area contributed by atoms with Gasteiger partial charge in [-0.2, -0.15) is 0 Å². The molecule has 0 spiro atoms. The van der Waals surface area contributed by atoms with E-state index in [1.165, 1.54) is 7.11 Å². The van der Waals surface area contributed by atoms with Gasteiger partial charge in [0.1, 0.15) is 5.69 Å². The molecule has 0 N–H and O–H groups in total. The van der Waals surface area contributed by atoms with E-state index in [1.54, 1.807) is 31.1 Å². The van der Waals surface area contributed by atoms with E-state index in [4.69, 9.17) is 0 Å². The summed E-state index contributed by atoms with van der Waals surface area (Å²) in [5, 5.41) is 0. The van der Waals surface area contributed by atoms with Gasteiger partial charge in [-0.05, 0) is 17.2 Å². The first-order chi connectivity index (χ1) is 10.5. The van der Waals surface area contributed by atoms with Crippen LogP contribution in [-0.4, -0.2) is 35.9 Å². The zero-order valence-electron chi connectivity index (χ0n) is 12.9. The Morgan fingerprint density at radius 1 is 1.09 bits per heavy atom. The van der Waals surface area contributed by atoms with Crippen molar-refractivity contribution in [1.82, 2.24) is 9.88 Å². The molecule has 0 radical (unpaired) electrons. The number of ether oxygens (including phenoxy) is 1. The average molecular weight is 298 g/mol. The van der Waals surface area contributed by atoms with Crippen molar-refractivity contribution in [2.24, 2.45) is 0 Å². The second-order valence-corrected chi connectivity index (χ2v) is 5.00. The van der Waals surface area contributed by atoms with Crippen LogP contribution in [0.1, 0.15) is 23.0 Å². The maximum atomic E-state index is 11.3. The summed E-state index contributed by atoms with van der Waals surface area (Å²) in [6, 6.07) is 11.4. The zero-order valence-corrected chi connectivity index (χ0v) is 12.9. The van der Waals surface area contributed by atoms with Gasteiger partial charge in [0.25, 0.3) is 0 Å². The number of amides is 1. The van der Waals surface area contributed by atoms with Gasteiger partial charge in [-0.3, -0.25) is 4.79 Å². The van der Waals surface area contributed by atoms with Crippen LogP contribution in [0.2, 0.25) is 0 Å². The summed E-state index contributed by atoms with van der Waals surface area (Å²) in [7, 11) is 3.10. The molecule has 0 unspecified atom stereocenters. The van der Waals surface area contributed by atoms with Gasteiger partial charge >= 0.3 is 5.97 Å². The largest absolute Gasteiger partial charge is 0.464 e. The standard InChI is InChI=1S/C17H18N2O3/c1-12(20)19(2)11-13-4-6-14(7-5-13)15-8-9-16(18-10-15)17(21)22-3/h4-10H,11H2,1-3H3. The van der Waals surface area contributed by atoms with Gasteiger partial charge in [-0.25, -0.2) is 9.78 Å². The Labute approximate surface area is 129 Å². The zero-order chi connectivity index (χ0) is 16.1. The maximum absolute atomic E-state index is 11.3.